The zero-order valence-corrected chi connectivity index (χ0v) is 24.2. The summed E-state index contributed by atoms with van der Waals surface area (Å²) in [5.41, 5.74) is 0.819. The van der Waals surface area contributed by atoms with Gasteiger partial charge in [0.25, 0.3) is 5.91 Å². The Morgan fingerprint density at radius 2 is 1.67 bits per heavy atom. The van der Waals surface area contributed by atoms with E-state index in [4.69, 9.17) is 27.7 Å². The van der Waals surface area contributed by atoms with Crippen LogP contribution in [0.15, 0.2) is 65.6 Å². The summed E-state index contributed by atoms with van der Waals surface area (Å²) < 4.78 is 42.3. The minimum Gasteiger partial charge on any atom is -0.508 e. The van der Waals surface area contributed by atoms with Crippen LogP contribution in [0.25, 0.3) is 0 Å². The predicted octanol–water partition coefficient (Wildman–Crippen LogP) is 4.32. The van der Waals surface area contributed by atoms with E-state index in [2.05, 4.69) is 5.32 Å². The second kappa shape index (κ2) is 12.5. The van der Waals surface area contributed by atoms with Gasteiger partial charge in [0.2, 0.25) is 7.37 Å². The highest BCUT2D eigenvalue weighted by molar-refractivity contribution is 7.90. The van der Waals surface area contributed by atoms with Crippen molar-refractivity contribution < 1.29 is 37.3 Å². The first-order chi connectivity index (χ1) is 18.2. The van der Waals surface area contributed by atoms with Gasteiger partial charge in [0, 0.05) is 31.3 Å². The molecular weight excluding hydrogens is 588 g/mol. The van der Waals surface area contributed by atoms with Gasteiger partial charge in [-0.3, -0.25) is 9.36 Å². The number of carbonyl (C=O) groups is 2. The summed E-state index contributed by atoms with van der Waals surface area (Å²) in [6.07, 6.45) is 1.14. The third-order valence-corrected chi connectivity index (χ3v) is 10.1. The van der Waals surface area contributed by atoms with Crippen molar-refractivity contribution in [2.45, 2.75) is 23.8 Å². The Morgan fingerprint density at radius 1 is 1.03 bits per heavy atom. The van der Waals surface area contributed by atoms with Crippen LogP contribution in [0.4, 0.5) is 0 Å². The summed E-state index contributed by atoms with van der Waals surface area (Å²) in [6, 6.07) is 13.3. The maximum absolute atomic E-state index is 13.3. The van der Waals surface area contributed by atoms with Gasteiger partial charge in [0.05, 0.1) is 20.5 Å². The van der Waals surface area contributed by atoms with Crippen molar-refractivity contribution in [3.8, 4) is 5.75 Å². The molecule has 1 amide bonds. The van der Waals surface area contributed by atoms with E-state index < -0.39 is 35.1 Å². The molecule has 3 aromatic carbocycles. The molecule has 0 bridgehead atoms. The van der Waals surface area contributed by atoms with Crippen LogP contribution in [-0.2, 0) is 36.6 Å². The molecule has 0 saturated heterocycles. The number of hydrogen-bond acceptors (Lipinski definition) is 7. The number of carboxylic acids is 1. The molecule has 3 aromatic rings. The molecule has 0 saturated carbocycles. The van der Waals surface area contributed by atoms with Crippen molar-refractivity contribution >= 4 is 57.6 Å². The van der Waals surface area contributed by atoms with Crippen LogP contribution >= 0.6 is 30.6 Å². The summed E-state index contributed by atoms with van der Waals surface area (Å²) >= 11 is 12.7. The molecule has 39 heavy (non-hydrogen) atoms. The van der Waals surface area contributed by atoms with E-state index in [1.54, 1.807) is 18.2 Å². The third kappa shape index (κ3) is 7.84. The molecule has 0 fully saturated rings. The van der Waals surface area contributed by atoms with Crippen molar-refractivity contribution in [1.82, 2.24) is 5.32 Å². The Labute approximate surface area is 236 Å². The van der Waals surface area contributed by atoms with Gasteiger partial charge in [0.1, 0.15) is 11.8 Å². The van der Waals surface area contributed by atoms with Crippen molar-refractivity contribution in [1.29, 1.82) is 0 Å². The highest BCUT2D eigenvalue weighted by Gasteiger charge is 2.27. The highest BCUT2D eigenvalue weighted by atomic mass is 35.5. The van der Waals surface area contributed by atoms with Gasteiger partial charge >= 0.3 is 5.97 Å². The van der Waals surface area contributed by atoms with E-state index in [9.17, 15) is 32.8 Å². The molecule has 2 atom stereocenters. The second-order valence-electron chi connectivity index (χ2n) is 8.77. The minimum absolute atomic E-state index is 0.0271. The lowest BCUT2D eigenvalue weighted by molar-refractivity contribution is -0.139. The number of aryl methyl sites for hydroxylation is 1. The van der Waals surface area contributed by atoms with Gasteiger partial charge in [0.15, 0.2) is 9.84 Å². The topological polar surface area (TPSA) is 147 Å². The number of carbonyl (C=O) groups excluding carboxylic acids is 1. The van der Waals surface area contributed by atoms with E-state index >= 15 is 0 Å². The van der Waals surface area contributed by atoms with Gasteiger partial charge in [-0.15, -0.1) is 0 Å². The molecule has 0 aliphatic rings. The first kappa shape index (κ1) is 30.7. The number of phenols is 1. The van der Waals surface area contributed by atoms with E-state index in [-0.39, 0.29) is 45.3 Å². The number of nitrogens with one attached hydrogen (secondary N) is 1. The fraction of sp³-hybridized carbons (Fsp3) is 0.231. The number of aromatic hydroxyl groups is 1. The molecule has 0 aliphatic carbocycles. The lowest BCUT2D eigenvalue weighted by Crippen LogP contribution is -2.42. The van der Waals surface area contributed by atoms with Crippen LogP contribution < -0.4 is 10.6 Å². The predicted molar refractivity (Wildman–Crippen MR) is 150 cm³/mol. The Kier molecular flexibility index (Phi) is 9.85. The Bertz CT molecular complexity index is 1540. The molecule has 0 aliphatic heterocycles. The second-order valence-corrected chi connectivity index (χ2v) is 14.3. The number of phenolic OH excluding ortho intramolecular Hbond substituents is 1. The molecule has 0 aromatic heterocycles. The number of rotatable bonds is 11. The highest BCUT2D eigenvalue weighted by Crippen LogP contribution is 2.46. The third-order valence-electron chi connectivity index (χ3n) is 5.91. The largest absolute Gasteiger partial charge is 0.508 e. The molecule has 9 nitrogen and oxygen atoms in total. The lowest BCUT2D eigenvalue weighted by Gasteiger charge is -2.18. The molecular formula is C26H26Cl2NO8PS. The van der Waals surface area contributed by atoms with E-state index in [1.807, 2.05) is 0 Å². The van der Waals surface area contributed by atoms with Crippen LogP contribution in [0.3, 0.4) is 0 Å². The van der Waals surface area contributed by atoms with Gasteiger partial charge in [-0.25, -0.2) is 13.2 Å². The van der Waals surface area contributed by atoms with E-state index in [1.165, 1.54) is 49.6 Å². The smallest absolute Gasteiger partial charge is 0.326 e. The first-order valence-electron chi connectivity index (χ1n) is 11.5. The SMILES string of the molecule is COP(=O)(CCc1cc(Cl)c(C(=O)N[C@@H](Cc2cccc(S(C)(=O)=O)c2)C(=O)O)c(Cl)c1)c1cccc(O)c1. The van der Waals surface area contributed by atoms with Crippen LogP contribution in [0.5, 0.6) is 5.75 Å². The van der Waals surface area contributed by atoms with Crippen molar-refractivity contribution in [3.05, 3.63) is 87.4 Å². The van der Waals surface area contributed by atoms with Crippen molar-refractivity contribution in [2.75, 3.05) is 19.5 Å². The fourth-order valence-electron chi connectivity index (χ4n) is 3.86. The first-order valence-corrected chi connectivity index (χ1v) is 15.9. The quantitative estimate of drug-likeness (QED) is 0.271. The summed E-state index contributed by atoms with van der Waals surface area (Å²) in [5, 5.41) is 22.1. The zero-order chi connectivity index (χ0) is 29.0. The average molecular weight is 614 g/mol. The number of carboxylic acid groups (broad SMARTS) is 1. The molecule has 0 spiro atoms. The standard InChI is InChI=1S/C26H26Cl2NO8PS/c1-37-38(34,19-7-4-6-18(30)15-19)10-9-17-12-21(27)24(22(28)13-17)25(31)29-23(26(32)33)14-16-5-3-8-20(11-16)39(2,35)36/h3-8,11-13,15,23,30H,9-10,14H2,1-2H3,(H,29,31)(H,32,33)/t23-,38?/m0/s1. The lowest BCUT2D eigenvalue weighted by atomic mass is 10.0. The van der Waals surface area contributed by atoms with E-state index in [0.29, 0.717) is 16.4 Å². The van der Waals surface area contributed by atoms with Gasteiger partial charge in [-0.2, -0.15) is 0 Å². The molecule has 208 valence electrons. The maximum atomic E-state index is 13.3. The zero-order valence-electron chi connectivity index (χ0n) is 20.9. The number of sulfone groups is 1. The minimum atomic E-state index is -3.50. The van der Waals surface area contributed by atoms with Crippen LogP contribution in [0.1, 0.15) is 21.5 Å². The fourth-order valence-corrected chi connectivity index (χ4v) is 7.10. The molecule has 0 heterocycles. The molecule has 3 N–H and O–H groups in total. The van der Waals surface area contributed by atoms with E-state index in [0.717, 1.165) is 6.26 Å². The number of hydrogen-bond donors (Lipinski definition) is 3. The number of halogens is 2. The molecule has 1 unspecified atom stereocenters. The monoisotopic (exact) mass is 613 g/mol. The van der Waals surface area contributed by atoms with Crippen LogP contribution in [0.2, 0.25) is 10.0 Å². The maximum Gasteiger partial charge on any atom is 0.326 e. The summed E-state index contributed by atoms with van der Waals surface area (Å²) in [5.74, 6) is -2.21. The van der Waals surface area contributed by atoms with Gasteiger partial charge in [-0.05, 0) is 60.0 Å². The Hall–Kier alpha value is -2.88. The number of aliphatic carboxylic acids is 1. The van der Waals surface area contributed by atoms with Crippen LogP contribution in [-0.4, -0.2) is 56.1 Å². The normalized spacial score (nSPS) is 13.8. The Balaban J connectivity index is 1.77. The average Bonchev–Trinajstić information content (AvgIpc) is 2.86. The van der Waals surface area contributed by atoms with Crippen molar-refractivity contribution in [2.24, 2.45) is 0 Å². The van der Waals surface area contributed by atoms with Gasteiger partial charge in [-0.1, -0.05) is 41.4 Å². The van der Waals surface area contributed by atoms with Crippen LogP contribution in [0, 0.1) is 0 Å². The van der Waals surface area contributed by atoms with Crippen molar-refractivity contribution in [3.63, 3.8) is 0 Å². The summed E-state index contributed by atoms with van der Waals surface area (Å²) in [6.45, 7) is 0. The summed E-state index contributed by atoms with van der Waals surface area (Å²) in [4.78, 5) is 24.9. The molecule has 0 radical (unpaired) electrons. The van der Waals surface area contributed by atoms with Gasteiger partial charge < -0.3 is 20.1 Å². The summed E-state index contributed by atoms with van der Waals surface area (Å²) in [7, 11) is -5.50. The number of benzene rings is 3. The molecule has 13 heteroatoms. The Morgan fingerprint density at radius 3 is 2.23 bits per heavy atom. The molecule has 3 rings (SSSR count). The number of amides is 1.